The minimum absolute atomic E-state index is 0. The average Bonchev–Trinajstić information content (AvgIpc) is 2.70. The highest BCUT2D eigenvalue weighted by Gasteiger charge is 2.23. The van der Waals surface area contributed by atoms with Gasteiger partial charge in [0.05, 0.1) is 12.1 Å². The molecule has 1 heterocycles. The van der Waals surface area contributed by atoms with Crippen LogP contribution < -0.4 is 15.5 Å². The number of nitrogens with zero attached hydrogens (tertiary/aromatic N) is 1. The second-order valence-electron chi connectivity index (χ2n) is 7.92. The fraction of sp³-hybridized carbons (Fsp3) is 0.346. The highest BCUT2D eigenvalue weighted by Crippen LogP contribution is 2.27. The van der Waals surface area contributed by atoms with E-state index >= 15 is 0 Å². The Hall–Kier alpha value is -2.85. The Morgan fingerprint density at radius 1 is 1.13 bits per heavy atom. The van der Waals surface area contributed by atoms with Crippen LogP contribution in [0, 0.1) is 6.92 Å². The van der Waals surface area contributed by atoms with Crippen molar-refractivity contribution in [2.24, 2.45) is 0 Å². The first-order valence-electron chi connectivity index (χ1n) is 10.4. The standard InChI is InChI=1S/C25H29N3O.CH4/c1-4-24(22-11-7-9-18-8-5-6-10-21(18)22)27-25(29)23-14-19(13-12-17(23)2)28(3)20-15-26-16-20;/h5-14,20,24,26H,4,15-16H2,1-3H3,(H,27,29);1H4. The molecule has 3 aromatic rings. The van der Waals surface area contributed by atoms with Gasteiger partial charge < -0.3 is 15.5 Å². The van der Waals surface area contributed by atoms with Gasteiger partial charge >= 0.3 is 0 Å². The number of anilines is 1. The second kappa shape index (κ2) is 9.31. The van der Waals surface area contributed by atoms with Gasteiger partial charge in [0.1, 0.15) is 0 Å². The molecular weight excluding hydrogens is 370 g/mol. The van der Waals surface area contributed by atoms with Crippen LogP contribution in [0.15, 0.2) is 60.7 Å². The molecule has 1 unspecified atom stereocenters. The van der Waals surface area contributed by atoms with Crippen LogP contribution in [0.1, 0.15) is 48.3 Å². The molecule has 1 atom stereocenters. The molecule has 0 bridgehead atoms. The van der Waals surface area contributed by atoms with Crippen LogP contribution in [0.2, 0.25) is 0 Å². The van der Waals surface area contributed by atoms with Crippen molar-refractivity contribution in [3.63, 3.8) is 0 Å². The summed E-state index contributed by atoms with van der Waals surface area (Å²) in [6, 6.07) is 21.3. The maximum atomic E-state index is 13.2. The average molecular weight is 404 g/mol. The van der Waals surface area contributed by atoms with E-state index in [2.05, 4.69) is 78.0 Å². The van der Waals surface area contributed by atoms with Crippen LogP contribution in [-0.2, 0) is 0 Å². The molecule has 0 spiro atoms. The SMILES string of the molecule is C.CCC(NC(=O)c1cc(N(C)C2CNC2)ccc1C)c1cccc2ccccc12. The number of rotatable bonds is 6. The van der Waals surface area contributed by atoms with Gasteiger partial charge in [-0.3, -0.25) is 4.79 Å². The molecule has 1 fully saturated rings. The van der Waals surface area contributed by atoms with Crippen molar-refractivity contribution in [2.45, 2.75) is 39.8 Å². The van der Waals surface area contributed by atoms with E-state index in [0.717, 1.165) is 36.3 Å². The van der Waals surface area contributed by atoms with Crippen LogP contribution in [0.3, 0.4) is 0 Å². The van der Waals surface area contributed by atoms with Crippen LogP contribution >= 0.6 is 0 Å². The summed E-state index contributed by atoms with van der Waals surface area (Å²) in [6.07, 6.45) is 0.839. The molecule has 0 aliphatic carbocycles. The van der Waals surface area contributed by atoms with Crippen LogP contribution in [0.5, 0.6) is 0 Å². The summed E-state index contributed by atoms with van der Waals surface area (Å²) in [4.78, 5) is 15.5. The van der Waals surface area contributed by atoms with Gasteiger partial charge in [-0.2, -0.15) is 0 Å². The highest BCUT2D eigenvalue weighted by atomic mass is 16.1. The number of benzene rings is 3. The van der Waals surface area contributed by atoms with Crippen molar-refractivity contribution in [3.05, 3.63) is 77.4 Å². The number of carbonyl (C=O) groups excluding carboxylic acids is 1. The first-order valence-corrected chi connectivity index (χ1v) is 10.4. The van der Waals surface area contributed by atoms with Crippen LogP contribution in [0.25, 0.3) is 10.8 Å². The maximum absolute atomic E-state index is 13.2. The lowest BCUT2D eigenvalue weighted by atomic mass is 9.96. The number of carbonyl (C=O) groups is 1. The Kier molecular flexibility index (Phi) is 6.78. The molecule has 1 saturated heterocycles. The van der Waals surface area contributed by atoms with E-state index in [1.54, 1.807) is 0 Å². The Morgan fingerprint density at radius 2 is 1.87 bits per heavy atom. The number of hydrogen-bond acceptors (Lipinski definition) is 3. The Bertz CT molecular complexity index is 1020. The summed E-state index contributed by atoms with van der Waals surface area (Å²) in [5.41, 5.74) is 4.01. The van der Waals surface area contributed by atoms with E-state index in [-0.39, 0.29) is 19.4 Å². The lowest BCUT2D eigenvalue weighted by Gasteiger charge is -2.37. The van der Waals surface area contributed by atoms with Crippen LogP contribution in [-0.4, -0.2) is 32.1 Å². The zero-order valence-corrected chi connectivity index (χ0v) is 17.4. The van der Waals surface area contributed by atoms with E-state index in [1.807, 2.05) is 19.1 Å². The molecule has 1 aliphatic heterocycles. The molecule has 4 rings (SSSR count). The summed E-state index contributed by atoms with van der Waals surface area (Å²) < 4.78 is 0. The lowest BCUT2D eigenvalue weighted by Crippen LogP contribution is -2.56. The molecule has 4 heteroatoms. The zero-order chi connectivity index (χ0) is 20.4. The minimum atomic E-state index is -0.0229. The number of hydrogen-bond donors (Lipinski definition) is 2. The molecule has 4 nitrogen and oxygen atoms in total. The summed E-state index contributed by atoms with van der Waals surface area (Å²) in [6.45, 7) is 6.10. The van der Waals surface area contributed by atoms with E-state index in [0.29, 0.717) is 6.04 Å². The van der Waals surface area contributed by atoms with E-state index in [1.165, 1.54) is 16.3 Å². The van der Waals surface area contributed by atoms with E-state index < -0.39 is 0 Å². The molecule has 30 heavy (non-hydrogen) atoms. The van der Waals surface area contributed by atoms with E-state index in [4.69, 9.17) is 0 Å². The molecular formula is C26H33N3O. The number of likely N-dealkylation sites (N-methyl/N-ethyl adjacent to an activating group) is 1. The fourth-order valence-corrected chi connectivity index (χ4v) is 4.02. The molecule has 0 aromatic heterocycles. The second-order valence-corrected chi connectivity index (χ2v) is 7.92. The van der Waals surface area contributed by atoms with Gasteiger partial charge in [0, 0.05) is 31.4 Å². The maximum Gasteiger partial charge on any atom is 0.252 e. The predicted octanol–water partition coefficient (Wildman–Crippen LogP) is 5.07. The number of aryl methyl sites for hydroxylation is 1. The van der Waals surface area contributed by atoms with Gasteiger partial charge in [-0.15, -0.1) is 0 Å². The largest absolute Gasteiger partial charge is 0.369 e. The summed E-state index contributed by atoms with van der Waals surface area (Å²) in [5.74, 6) is -0.00994. The van der Waals surface area contributed by atoms with Crippen molar-refractivity contribution in [2.75, 3.05) is 25.0 Å². The fourth-order valence-electron chi connectivity index (χ4n) is 4.02. The lowest BCUT2D eigenvalue weighted by molar-refractivity contribution is 0.0935. The molecule has 0 radical (unpaired) electrons. The molecule has 1 aliphatic rings. The monoisotopic (exact) mass is 403 g/mol. The number of amides is 1. The van der Waals surface area contributed by atoms with Crippen molar-refractivity contribution in [1.29, 1.82) is 0 Å². The molecule has 0 saturated carbocycles. The third-order valence-corrected chi connectivity index (χ3v) is 6.09. The van der Waals surface area contributed by atoms with Gasteiger partial charge in [-0.05, 0) is 47.4 Å². The van der Waals surface area contributed by atoms with Gasteiger partial charge in [0.15, 0.2) is 0 Å². The Balaban J connectivity index is 0.00000256. The normalized spacial score (nSPS) is 14.5. The van der Waals surface area contributed by atoms with Crippen molar-refractivity contribution >= 4 is 22.4 Å². The minimum Gasteiger partial charge on any atom is -0.369 e. The first-order chi connectivity index (χ1) is 14.1. The number of fused-ring (bicyclic) bond motifs is 1. The highest BCUT2D eigenvalue weighted by molar-refractivity contribution is 5.97. The van der Waals surface area contributed by atoms with Crippen molar-refractivity contribution in [3.8, 4) is 0 Å². The topological polar surface area (TPSA) is 44.4 Å². The molecule has 1 amide bonds. The van der Waals surface area contributed by atoms with Gasteiger partial charge in [0.2, 0.25) is 0 Å². The molecule has 2 N–H and O–H groups in total. The summed E-state index contributed by atoms with van der Waals surface area (Å²) >= 11 is 0. The molecule has 3 aromatic carbocycles. The van der Waals surface area contributed by atoms with Crippen LogP contribution in [0.4, 0.5) is 5.69 Å². The summed E-state index contributed by atoms with van der Waals surface area (Å²) in [7, 11) is 2.10. The quantitative estimate of drug-likeness (QED) is 0.604. The number of nitrogens with one attached hydrogen (secondary N) is 2. The third-order valence-electron chi connectivity index (χ3n) is 6.09. The molecule has 158 valence electrons. The van der Waals surface area contributed by atoms with E-state index in [9.17, 15) is 4.79 Å². The van der Waals surface area contributed by atoms with Crippen molar-refractivity contribution in [1.82, 2.24) is 10.6 Å². The first kappa shape index (κ1) is 21.8. The Labute approximate surface area is 180 Å². The summed E-state index contributed by atoms with van der Waals surface area (Å²) in [5, 5.41) is 8.99. The van der Waals surface area contributed by atoms with Gasteiger partial charge in [-0.1, -0.05) is 62.9 Å². The Morgan fingerprint density at radius 3 is 2.57 bits per heavy atom. The van der Waals surface area contributed by atoms with Gasteiger partial charge in [-0.25, -0.2) is 0 Å². The third kappa shape index (κ3) is 4.19. The van der Waals surface area contributed by atoms with Gasteiger partial charge in [0.25, 0.3) is 5.91 Å². The van der Waals surface area contributed by atoms with Crippen molar-refractivity contribution < 1.29 is 4.79 Å². The zero-order valence-electron chi connectivity index (χ0n) is 17.4. The predicted molar refractivity (Wildman–Crippen MR) is 127 cm³/mol. The smallest absolute Gasteiger partial charge is 0.252 e.